The zero-order chi connectivity index (χ0) is 9.26. The first-order valence-corrected chi connectivity index (χ1v) is 5.21. The second-order valence-corrected chi connectivity index (χ2v) is 3.93. The number of rotatable bonds is 1. The number of aromatic nitrogens is 2. The van der Waals surface area contributed by atoms with Gasteiger partial charge < -0.3 is 4.98 Å². The van der Waals surface area contributed by atoms with Crippen LogP contribution in [0.3, 0.4) is 0 Å². The fourth-order valence-electron chi connectivity index (χ4n) is 1.11. The number of hydrogen-bond donors (Lipinski definition) is 1. The first kappa shape index (κ1) is 8.59. The van der Waals surface area contributed by atoms with Gasteiger partial charge in [-0.1, -0.05) is 12.2 Å². The molecule has 0 bridgehead atoms. The molecule has 2 heterocycles. The predicted molar refractivity (Wildman–Crippen MR) is 57.5 cm³/mol. The lowest BCUT2D eigenvalue weighted by atomic mass is 10.2. The minimum absolute atomic E-state index is 0.718. The molecule has 2 aromatic heterocycles. The summed E-state index contributed by atoms with van der Waals surface area (Å²) in [5.74, 6) is 0.853. The Morgan fingerprint density at radius 1 is 1.46 bits per heavy atom. The van der Waals surface area contributed by atoms with Crippen LogP contribution in [0.1, 0.15) is 5.56 Å². The summed E-state index contributed by atoms with van der Waals surface area (Å²) in [4.78, 5) is 7.29. The van der Waals surface area contributed by atoms with Crippen molar-refractivity contribution in [2.75, 3.05) is 0 Å². The number of hydrogen-bond acceptors (Lipinski definition) is 3. The van der Waals surface area contributed by atoms with E-state index >= 15 is 0 Å². The van der Waals surface area contributed by atoms with Crippen molar-refractivity contribution in [3.8, 4) is 11.4 Å². The van der Waals surface area contributed by atoms with E-state index < -0.39 is 0 Å². The quantitative estimate of drug-likeness (QED) is 0.729. The van der Waals surface area contributed by atoms with Crippen molar-refractivity contribution < 1.29 is 0 Å². The molecule has 0 amide bonds. The lowest BCUT2D eigenvalue weighted by molar-refractivity contribution is 1.16. The molecular formula is C9H8N2S2. The molecular weight excluding hydrogens is 200 g/mol. The average Bonchev–Trinajstić information content (AvgIpc) is 2.51. The van der Waals surface area contributed by atoms with Crippen molar-refractivity contribution in [2.45, 2.75) is 6.92 Å². The molecule has 0 saturated carbocycles. The molecule has 2 nitrogen and oxygen atoms in total. The van der Waals surface area contributed by atoms with Crippen LogP contribution in [0, 0.1) is 11.6 Å². The van der Waals surface area contributed by atoms with Crippen LogP contribution in [0.25, 0.3) is 11.4 Å². The average molecular weight is 208 g/mol. The van der Waals surface area contributed by atoms with Crippen molar-refractivity contribution in [3.63, 3.8) is 0 Å². The summed E-state index contributed by atoms with van der Waals surface area (Å²) in [6, 6.07) is 1.78. The molecule has 2 rings (SSSR count). The molecule has 0 saturated heterocycles. The largest absolute Gasteiger partial charge is 0.331 e. The number of thiophene rings is 1. The predicted octanol–water partition coefficient (Wildman–Crippen LogP) is 3.18. The van der Waals surface area contributed by atoms with Crippen LogP contribution in [0.5, 0.6) is 0 Å². The van der Waals surface area contributed by atoms with Gasteiger partial charge in [0.15, 0.2) is 0 Å². The minimum Gasteiger partial charge on any atom is -0.331 e. The van der Waals surface area contributed by atoms with Crippen LogP contribution >= 0.6 is 23.6 Å². The molecule has 0 fully saturated rings. The molecule has 1 N–H and O–H groups in total. The highest BCUT2D eigenvalue weighted by molar-refractivity contribution is 7.71. The van der Waals surface area contributed by atoms with E-state index in [1.165, 1.54) is 5.56 Å². The van der Waals surface area contributed by atoms with Crippen molar-refractivity contribution in [1.82, 2.24) is 9.97 Å². The Balaban J connectivity index is 2.59. The van der Waals surface area contributed by atoms with Crippen molar-refractivity contribution in [1.29, 1.82) is 0 Å². The van der Waals surface area contributed by atoms with Crippen molar-refractivity contribution in [3.05, 3.63) is 33.2 Å². The summed E-state index contributed by atoms with van der Waals surface area (Å²) in [6.07, 6.45) is 1.73. The molecule has 0 aliphatic heterocycles. The van der Waals surface area contributed by atoms with Gasteiger partial charge in [0.25, 0.3) is 0 Å². The summed E-state index contributed by atoms with van der Waals surface area (Å²) in [5.41, 5.74) is 2.37. The van der Waals surface area contributed by atoms with Gasteiger partial charge in [-0.3, -0.25) is 0 Å². The van der Waals surface area contributed by atoms with Gasteiger partial charge in [-0.2, -0.15) is 11.3 Å². The third kappa shape index (κ3) is 1.68. The molecule has 4 heteroatoms. The van der Waals surface area contributed by atoms with Gasteiger partial charge in [-0.05, 0) is 23.9 Å². The second-order valence-electron chi connectivity index (χ2n) is 2.75. The maximum atomic E-state index is 5.02. The molecule has 0 aliphatic rings. The van der Waals surface area contributed by atoms with E-state index in [1.54, 1.807) is 23.6 Å². The minimum atomic E-state index is 0.718. The van der Waals surface area contributed by atoms with E-state index in [0.29, 0.717) is 0 Å². The highest BCUT2D eigenvalue weighted by Crippen LogP contribution is 2.22. The SMILES string of the molecule is Cc1cscc1-c1nccc(=S)[nH]1. The molecule has 0 atom stereocenters. The molecule has 66 valence electrons. The lowest BCUT2D eigenvalue weighted by Gasteiger charge is -1.97. The summed E-state index contributed by atoms with van der Waals surface area (Å²) in [5, 5.41) is 4.17. The van der Waals surface area contributed by atoms with Crippen LogP contribution in [0.4, 0.5) is 0 Å². The normalized spacial score (nSPS) is 10.2. The molecule has 0 unspecified atom stereocenters. The Bertz CT molecular complexity index is 470. The fourth-order valence-corrected chi connectivity index (χ4v) is 2.10. The maximum Gasteiger partial charge on any atom is 0.139 e. The first-order chi connectivity index (χ1) is 6.27. The second kappa shape index (κ2) is 3.40. The molecule has 0 aliphatic carbocycles. The van der Waals surface area contributed by atoms with E-state index in [2.05, 4.69) is 27.7 Å². The van der Waals surface area contributed by atoms with Gasteiger partial charge in [-0.15, -0.1) is 0 Å². The Labute approximate surface area is 85.3 Å². The van der Waals surface area contributed by atoms with E-state index in [-0.39, 0.29) is 0 Å². The monoisotopic (exact) mass is 208 g/mol. The summed E-state index contributed by atoms with van der Waals surface area (Å²) >= 11 is 6.70. The molecule has 13 heavy (non-hydrogen) atoms. The zero-order valence-electron chi connectivity index (χ0n) is 7.07. The standard InChI is InChI=1S/C9H8N2S2/c1-6-4-13-5-7(6)9-10-3-2-8(12)11-9/h2-5H,1H3,(H,10,11,12). The smallest absolute Gasteiger partial charge is 0.139 e. The third-order valence-corrected chi connectivity index (χ3v) is 2.88. The molecule has 2 aromatic rings. The van der Waals surface area contributed by atoms with E-state index in [4.69, 9.17) is 12.2 Å². The summed E-state index contributed by atoms with van der Waals surface area (Å²) < 4.78 is 0.718. The Morgan fingerprint density at radius 2 is 2.31 bits per heavy atom. The number of aryl methyl sites for hydroxylation is 1. The van der Waals surface area contributed by atoms with Crippen LogP contribution in [-0.4, -0.2) is 9.97 Å². The Morgan fingerprint density at radius 3 is 2.92 bits per heavy atom. The van der Waals surface area contributed by atoms with E-state index in [1.807, 2.05) is 0 Å². The Hall–Kier alpha value is -1.00. The zero-order valence-corrected chi connectivity index (χ0v) is 8.71. The van der Waals surface area contributed by atoms with Gasteiger partial charge in [0.2, 0.25) is 0 Å². The van der Waals surface area contributed by atoms with E-state index in [0.717, 1.165) is 16.0 Å². The molecule has 0 spiro atoms. The van der Waals surface area contributed by atoms with Gasteiger partial charge in [0, 0.05) is 17.1 Å². The van der Waals surface area contributed by atoms with Crippen LogP contribution < -0.4 is 0 Å². The van der Waals surface area contributed by atoms with Crippen molar-refractivity contribution >= 4 is 23.6 Å². The van der Waals surface area contributed by atoms with Crippen LogP contribution in [0.15, 0.2) is 23.0 Å². The van der Waals surface area contributed by atoms with Crippen molar-refractivity contribution in [2.24, 2.45) is 0 Å². The van der Waals surface area contributed by atoms with Crippen LogP contribution in [0.2, 0.25) is 0 Å². The summed E-state index contributed by atoms with van der Waals surface area (Å²) in [6.45, 7) is 2.07. The Kier molecular flexibility index (Phi) is 2.24. The number of nitrogens with zero attached hydrogens (tertiary/aromatic N) is 1. The highest BCUT2D eigenvalue weighted by Gasteiger charge is 2.03. The number of nitrogens with one attached hydrogen (secondary N) is 1. The van der Waals surface area contributed by atoms with Gasteiger partial charge in [0.1, 0.15) is 10.5 Å². The van der Waals surface area contributed by atoms with Gasteiger partial charge in [0.05, 0.1) is 0 Å². The molecule has 0 aromatic carbocycles. The fraction of sp³-hybridized carbons (Fsp3) is 0.111. The van der Waals surface area contributed by atoms with Gasteiger partial charge in [-0.25, -0.2) is 4.98 Å². The van der Waals surface area contributed by atoms with E-state index in [9.17, 15) is 0 Å². The topological polar surface area (TPSA) is 28.7 Å². The number of aromatic amines is 1. The first-order valence-electron chi connectivity index (χ1n) is 3.86. The lowest BCUT2D eigenvalue weighted by Crippen LogP contribution is -1.87. The molecule has 0 radical (unpaired) electrons. The maximum absolute atomic E-state index is 5.02. The van der Waals surface area contributed by atoms with Crippen LogP contribution in [-0.2, 0) is 0 Å². The summed E-state index contributed by atoms with van der Waals surface area (Å²) in [7, 11) is 0. The number of H-pyrrole nitrogens is 1. The highest BCUT2D eigenvalue weighted by atomic mass is 32.1. The third-order valence-electron chi connectivity index (χ3n) is 1.78. The van der Waals surface area contributed by atoms with Gasteiger partial charge >= 0.3 is 0 Å².